The largest absolute Gasteiger partial charge is 0.437 e. The summed E-state index contributed by atoms with van der Waals surface area (Å²) in [6, 6.07) is 10.8. The third kappa shape index (κ3) is 2.94. The maximum atomic E-state index is 6.41. The molecular weight excluding hydrogens is 384 g/mol. The minimum atomic E-state index is 0.231. The molecule has 5 heteroatoms. The summed E-state index contributed by atoms with van der Waals surface area (Å²) in [7, 11) is 0. The van der Waals surface area contributed by atoms with Crippen molar-refractivity contribution in [1.82, 2.24) is 19.5 Å². The number of furan rings is 1. The average Bonchev–Trinajstić information content (AvgIpc) is 3.27. The lowest BCUT2D eigenvalue weighted by Crippen LogP contribution is -2.05. The van der Waals surface area contributed by atoms with Crippen LogP contribution in [0.2, 0.25) is 0 Å². The van der Waals surface area contributed by atoms with Gasteiger partial charge in [-0.2, -0.15) is 0 Å². The quantitative estimate of drug-likeness (QED) is 0.319. The Morgan fingerprint density at radius 2 is 1.68 bits per heavy atom. The monoisotopic (exact) mass is 412 g/mol. The second kappa shape index (κ2) is 6.91. The predicted molar refractivity (Wildman–Crippen MR) is 127 cm³/mol. The SMILES string of the molecule is Cc1cc2nc(-c3ccc(C)c4c3oc3nc(C(C)C)ccc34)n(C(C)C)c2c(C)n1. The molecule has 0 aliphatic carbocycles. The number of benzene rings is 1. The second-order valence-electron chi connectivity index (χ2n) is 9.10. The zero-order chi connectivity index (χ0) is 22.0. The van der Waals surface area contributed by atoms with E-state index in [1.165, 1.54) is 5.56 Å². The van der Waals surface area contributed by atoms with Crippen molar-refractivity contribution in [2.45, 2.75) is 60.4 Å². The number of aromatic nitrogens is 4. The minimum Gasteiger partial charge on any atom is -0.437 e. The van der Waals surface area contributed by atoms with Gasteiger partial charge in [-0.25, -0.2) is 9.97 Å². The number of rotatable bonds is 3. The van der Waals surface area contributed by atoms with Gasteiger partial charge in [0, 0.05) is 28.2 Å². The first-order chi connectivity index (χ1) is 14.8. The van der Waals surface area contributed by atoms with E-state index >= 15 is 0 Å². The molecule has 0 unspecified atom stereocenters. The highest BCUT2D eigenvalue weighted by Crippen LogP contribution is 2.39. The van der Waals surface area contributed by atoms with Crippen molar-refractivity contribution in [1.29, 1.82) is 0 Å². The average molecular weight is 413 g/mol. The topological polar surface area (TPSA) is 56.7 Å². The van der Waals surface area contributed by atoms with E-state index in [-0.39, 0.29) is 6.04 Å². The van der Waals surface area contributed by atoms with Crippen LogP contribution in [-0.4, -0.2) is 19.5 Å². The predicted octanol–water partition coefficient (Wildman–Crippen LogP) is 7.02. The van der Waals surface area contributed by atoms with Gasteiger partial charge in [-0.3, -0.25) is 4.98 Å². The van der Waals surface area contributed by atoms with Gasteiger partial charge in [-0.15, -0.1) is 0 Å². The highest BCUT2D eigenvalue weighted by molar-refractivity contribution is 6.10. The van der Waals surface area contributed by atoms with Crippen LogP contribution in [0, 0.1) is 20.8 Å². The van der Waals surface area contributed by atoms with Crippen LogP contribution in [0.15, 0.2) is 34.7 Å². The van der Waals surface area contributed by atoms with Crippen LogP contribution in [0.4, 0.5) is 0 Å². The van der Waals surface area contributed by atoms with Crippen LogP contribution in [0.1, 0.15) is 62.3 Å². The molecule has 0 aliphatic rings. The molecule has 0 atom stereocenters. The Morgan fingerprint density at radius 3 is 2.39 bits per heavy atom. The van der Waals surface area contributed by atoms with E-state index in [2.05, 4.69) is 76.4 Å². The molecule has 0 radical (unpaired) electrons. The first-order valence-corrected chi connectivity index (χ1v) is 11.0. The van der Waals surface area contributed by atoms with Gasteiger partial charge in [0.2, 0.25) is 5.71 Å². The Morgan fingerprint density at radius 1 is 0.903 bits per heavy atom. The van der Waals surface area contributed by atoms with Crippen LogP contribution in [0.3, 0.4) is 0 Å². The van der Waals surface area contributed by atoms with E-state index < -0.39 is 0 Å². The molecule has 4 heterocycles. The molecule has 31 heavy (non-hydrogen) atoms. The van der Waals surface area contributed by atoms with Gasteiger partial charge in [-0.1, -0.05) is 19.9 Å². The molecule has 0 saturated heterocycles. The van der Waals surface area contributed by atoms with Gasteiger partial charge in [0.25, 0.3) is 0 Å². The fourth-order valence-corrected chi connectivity index (χ4v) is 4.59. The van der Waals surface area contributed by atoms with E-state index in [1.807, 2.05) is 6.92 Å². The smallest absolute Gasteiger partial charge is 0.227 e. The maximum absolute atomic E-state index is 6.41. The molecule has 0 spiro atoms. The highest BCUT2D eigenvalue weighted by Gasteiger charge is 2.23. The number of pyridine rings is 2. The third-order valence-electron chi connectivity index (χ3n) is 6.04. The lowest BCUT2D eigenvalue weighted by molar-refractivity contribution is 0.619. The van der Waals surface area contributed by atoms with Crippen LogP contribution in [0.5, 0.6) is 0 Å². The summed E-state index contributed by atoms with van der Waals surface area (Å²) in [6.07, 6.45) is 0. The molecule has 5 nitrogen and oxygen atoms in total. The molecule has 0 saturated carbocycles. The van der Waals surface area contributed by atoms with Crippen LogP contribution >= 0.6 is 0 Å². The summed E-state index contributed by atoms with van der Waals surface area (Å²) in [6.45, 7) is 14.9. The van der Waals surface area contributed by atoms with Gasteiger partial charge < -0.3 is 8.98 Å². The summed E-state index contributed by atoms with van der Waals surface area (Å²) in [4.78, 5) is 14.6. The van der Waals surface area contributed by atoms with E-state index in [1.54, 1.807) is 0 Å². The van der Waals surface area contributed by atoms with E-state index in [4.69, 9.17) is 19.4 Å². The summed E-state index contributed by atoms with van der Waals surface area (Å²) < 4.78 is 8.69. The second-order valence-corrected chi connectivity index (χ2v) is 9.10. The number of hydrogen-bond donors (Lipinski definition) is 0. The molecule has 5 rings (SSSR count). The van der Waals surface area contributed by atoms with Crippen molar-refractivity contribution in [2.75, 3.05) is 0 Å². The highest BCUT2D eigenvalue weighted by atomic mass is 16.3. The Bertz CT molecular complexity index is 1470. The lowest BCUT2D eigenvalue weighted by atomic mass is 10.0. The zero-order valence-corrected chi connectivity index (χ0v) is 19.2. The first kappa shape index (κ1) is 19.7. The molecule has 0 amide bonds. The van der Waals surface area contributed by atoms with Gasteiger partial charge in [0.1, 0.15) is 11.4 Å². The van der Waals surface area contributed by atoms with Crippen molar-refractivity contribution in [2.24, 2.45) is 0 Å². The Labute approximate surface area is 182 Å². The van der Waals surface area contributed by atoms with Crippen molar-refractivity contribution < 1.29 is 4.42 Å². The zero-order valence-electron chi connectivity index (χ0n) is 19.2. The van der Waals surface area contributed by atoms with Crippen molar-refractivity contribution in [3.8, 4) is 11.4 Å². The Kier molecular flexibility index (Phi) is 4.40. The normalized spacial score (nSPS) is 12.3. The summed E-state index contributed by atoms with van der Waals surface area (Å²) in [5, 5.41) is 2.17. The standard InChI is InChI=1S/C26H28N4O/c1-13(2)20-11-10-18-22-15(5)8-9-19(24(22)31-26(18)29-20)25-28-21-12-16(6)27-17(7)23(21)30(25)14(3)4/h8-14H,1-7H3. The molecule has 5 aromatic rings. The molecule has 0 N–H and O–H groups in total. The number of imidazole rings is 1. The van der Waals surface area contributed by atoms with Gasteiger partial charge >= 0.3 is 0 Å². The molecular formula is C26H28N4O. The Hall–Kier alpha value is -3.21. The molecule has 4 aromatic heterocycles. The number of nitrogens with zero attached hydrogens (tertiary/aromatic N) is 4. The third-order valence-corrected chi connectivity index (χ3v) is 6.04. The number of aryl methyl sites for hydroxylation is 3. The van der Waals surface area contributed by atoms with Crippen LogP contribution in [0.25, 0.3) is 44.5 Å². The minimum absolute atomic E-state index is 0.231. The molecule has 0 aliphatic heterocycles. The first-order valence-electron chi connectivity index (χ1n) is 11.0. The fourth-order valence-electron chi connectivity index (χ4n) is 4.59. The number of hydrogen-bond acceptors (Lipinski definition) is 4. The van der Waals surface area contributed by atoms with E-state index in [0.717, 1.165) is 55.9 Å². The molecule has 1 aromatic carbocycles. The Balaban J connectivity index is 1.88. The van der Waals surface area contributed by atoms with E-state index in [9.17, 15) is 0 Å². The molecule has 0 fully saturated rings. The number of fused-ring (bicyclic) bond motifs is 4. The van der Waals surface area contributed by atoms with Crippen molar-refractivity contribution >= 4 is 33.1 Å². The van der Waals surface area contributed by atoms with Crippen LogP contribution in [-0.2, 0) is 0 Å². The molecule has 158 valence electrons. The fraction of sp³-hybridized carbons (Fsp3) is 0.346. The van der Waals surface area contributed by atoms with Gasteiger partial charge in [0.05, 0.1) is 22.3 Å². The summed E-state index contributed by atoms with van der Waals surface area (Å²) in [5.41, 5.74) is 8.79. The van der Waals surface area contributed by atoms with Crippen molar-refractivity contribution in [3.05, 3.63) is 53.0 Å². The van der Waals surface area contributed by atoms with Crippen LogP contribution < -0.4 is 0 Å². The molecule has 0 bridgehead atoms. The summed E-state index contributed by atoms with van der Waals surface area (Å²) >= 11 is 0. The van der Waals surface area contributed by atoms with Crippen molar-refractivity contribution in [3.63, 3.8) is 0 Å². The van der Waals surface area contributed by atoms with E-state index in [0.29, 0.717) is 11.6 Å². The lowest BCUT2D eigenvalue weighted by Gasteiger charge is -2.14. The van der Waals surface area contributed by atoms with Gasteiger partial charge in [-0.05, 0) is 70.4 Å². The van der Waals surface area contributed by atoms with Gasteiger partial charge in [0.15, 0.2) is 0 Å². The maximum Gasteiger partial charge on any atom is 0.227 e. The summed E-state index contributed by atoms with van der Waals surface area (Å²) in [5.74, 6) is 1.26.